The minimum atomic E-state index is 0.159. The molecule has 0 aliphatic carbocycles. The Morgan fingerprint density at radius 1 is 1.29 bits per heavy atom. The van der Waals surface area contributed by atoms with Gasteiger partial charge in [0.05, 0.1) is 0 Å². The van der Waals surface area contributed by atoms with Crippen molar-refractivity contribution in [2.45, 2.75) is 20.3 Å². The summed E-state index contributed by atoms with van der Waals surface area (Å²) in [4.78, 5) is 4.46. The predicted molar refractivity (Wildman–Crippen MR) is 68.9 cm³/mol. The Kier molecular flexibility index (Phi) is 3.29. The number of rotatable bonds is 3. The van der Waals surface area contributed by atoms with Crippen molar-refractivity contribution in [3.05, 3.63) is 41.2 Å². The van der Waals surface area contributed by atoms with Crippen molar-refractivity contribution in [3.63, 3.8) is 0 Å². The van der Waals surface area contributed by atoms with Gasteiger partial charge in [0, 0.05) is 37.5 Å². The first-order valence-electron chi connectivity index (χ1n) is 5.82. The van der Waals surface area contributed by atoms with Crippen LogP contribution in [0.15, 0.2) is 24.4 Å². The molecule has 0 unspecified atom stereocenters. The van der Waals surface area contributed by atoms with Crippen LogP contribution in [-0.2, 0) is 13.5 Å². The Hall–Kier alpha value is -1.61. The minimum Gasteiger partial charge on any atom is -0.396 e. The molecule has 1 heterocycles. The second-order valence-corrected chi connectivity index (χ2v) is 4.42. The molecule has 0 aliphatic rings. The number of aryl methyl sites for hydroxylation is 2. The third-order valence-electron chi connectivity index (χ3n) is 3.09. The number of benzene rings is 1. The van der Waals surface area contributed by atoms with Crippen LogP contribution < -0.4 is 0 Å². The summed E-state index contributed by atoms with van der Waals surface area (Å²) in [6.07, 6.45) is 2.49. The number of aliphatic hydroxyl groups excluding tert-OH is 1. The van der Waals surface area contributed by atoms with Crippen molar-refractivity contribution < 1.29 is 5.11 Å². The van der Waals surface area contributed by atoms with Crippen LogP contribution in [0, 0.1) is 13.8 Å². The van der Waals surface area contributed by atoms with Gasteiger partial charge in [-0.05, 0) is 25.5 Å². The number of aromatic nitrogens is 2. The molecule has 1 N–H and O–H groups in total. The molecule has 90 valence electrons. The van der Waals surface area contributed by atoms with Gasteiger partial charge in [-0.25, -0.2) is 4.98 Å². The molecule has 0 fully saturated rings. The van der Waals surface area contributed by atoms with Crippen molar-refractivity contribution in [1.29, 1.82) is 0 Å². The highest BCUT2D eigenvalue weighted by atomic mass is 16.3. The van der Waals surface area contributed by atoms with Crippen molar-refractivity contribution >= 4 is 0 Å². The molecular weight excluding hydrogens is 212 g/mol. The molecule has 3 nitrogen and oxygen atoms in total. The zero-order valence-electron chi connectivity index (χ0n) is 10.6. The van der Waals surface area contributed by atoms with Crippen LogP contribution in [0.4, 0.5) is 0 Å². The van der Waals surface area contributed by atoms with Crippen molar-refractivity contribution in [2.75, 3.05) is 6.61 Å². The van der Waals surface area contributed by atoms with Gasteiger partial charge in [-0.2, -0.15) is 0 Å². The van der Waals surface area contributed by atoms with Gasteiger partial charge in [-0.3, -0.25) is 0 Å². The van der Waals surface area contributed by atoms with Gasteiger partial charge in [0.25, 0.3) is 0 Å². The molecule has 0 atom stereocenters. The van der Waals surface area contributed by atoms with E-state index in [0.29, 0.717) is 6.42 Å². The van der Waals surface area contributed by atoms with Crippen molar-refractivity contribution in [2.24, 2.45) is 7.05 Å². The molecule has 2 rings (SSSR count). The number of hydrogen-bond donors (Lipinski definition) is 1. The predicted octanol–water partition coefficient (Wildman–Crippen LogP) is 2.24. The first-order chi connectivity index (χ1) is 8.13. The van der Waals surface area contributed by atoms with Gasteiger partial charge in [0.2, 0.25) is 0 Å². The molecule has 0 saturated carbocycles. The third-order valence-corrected chi connectivity index (χ3v) is 3.09. The Morgan fingerprint density at radius 3 is 2.76 bits per heavy atom. The average molecular weight is 230 g/mol. The highest BCUT2D eigenvalue weighted by Crippen LogP contribution is 2.23. The molecule has 0 spiro atoms. The van der Waals surface area contributed by atoms with Crippen molar-refractivity contribution in [3.8, 4) is 11.4 Å². The summed E-state index contributed by atoms with van der Waals surface area (Å²) in [6, 6.07) is 6.38. The van der Waals surface area contributed by atoms with E-state index in [-0.39, 0.29) is 6.61 Å². The van der Waals surface area contributed by atoms with E-state index in [1.54, 1.807) is 0 Å². The summed E-state index contributed by atoms with van der Waals surface area (Å²) in [7, 11) is 2.00. The van der Waals surface area contributed by atoms with Gasteiger partial charge in [0.1, 0.15) is 5.82 Å². The van der Waals surface area contributed by atoms with E-state index < -0.39 is 0 Å². The monoisotopic (exact) mass is 230 g/mol. The third kappa shape index (κ3) is 2.24. The maximum Gasteiger partial charge on any atom is 0.140 e. The summed E-state index contributed by atoms with van der Waals surface area (Å²) in [6.45, 7) is 4.33. The van der Waals surface area contributed by atoms with E-state index in [0.717, 1.165) is 17.1 Å². The van der Waals surface area contributed by atoms with Crippen LogP contribution in [0.1, 0.15) is 16.8 Å². The quantitative estimate of drug-likeness (QED) is 0.878. The molecule has 0 aliphatic heterocycles. The lowest BCUT2D eigenvalue weighted by atomic mass is 10.1. The molecule has 0 radical (unpaired) electrons. The molecule has 0 saturated heterocycles. The highest BCUT2D eigenvalue weighted by molar-refractivity contribution is 5.62. The van der Waals surface area contributed by atoms with Gasteiger partial charge >= 0.3 is 0 Å². The molecule has 1 aromatic heterocycles. The second-order valence-electron chi connectivity index (χ2n) is 4.42. The first kappa shape index (κ1) is 11.9. The number of hydrogen-bond acceptors (Lipinski definition) is 2. The zero-order valence-corrected chi connectivity index (χ0v) is 10.6. The Balaban J connectivity index is 2.49. The zero-order chi connectivity index (χ0) is 12.4. The molecule has 1 aromatic carbocycles. The fraction of sp³-hybridized carbons (Fsp3) is 0.357. The first-order valence-corrected chi connectivity index (χ1v) is 5.82. The number of aliphatic hydroxyl groups is 1. The van der Waals surface area contributed by atoms with Crippen LogP contribution in [0.3, 0.4) is 0 Å². The highest BCUT2D eigenvalue weighted by Gasteiger charge is 2.10. The maximum atomic E-state index is 8.98. The van der Waals surface area contributed by atoms with Gasteiger partial charge in [-0.1, -0.05) is 17.7 Å². The molecule has 3 heteroatoms. The summed E-state index contributed by atoms with van der Waals surface area (Å²) >= 11 is 0. The smallest absolute Gasteiger partial charge is 0.140 e. The largest absolute Gasteiger partial charge is 0.396 e. The Bertz CT molecular complexity index is 529. The molecule has 17 heavy (non-hydrogen) atoms. The van der Waals surface area contributed by atoms with E-state index in [9.17, 15) is 0 Å². The average Bonchev–Trinajstić information content (AvgIpc) is 2.65. The van der Waals surface area contributed by atoms with E-state index >= 15 is 0 Å². The summed E-state index contributed by atoms with van der Waals surface area (Å²) in [5.41, 5.74) is 4.68. The van der Waals surface area contributed by atoms with E-state index in [1.165, 1.54) is 11.1 Å². The maximum absolute atomic E-state index is 8.98. The molecule has 0 bridgehead atoms. The fourth-order valence-corrected chi connectivity index (χ4v) is 2.02. The van der Waals surface area contributed by atoms with Crippen LogP contribution in [0.25, 0.3) is 11.4 Å². The lowest BCUT2D eigenvalue weighted by molar-refractivity contribution is 0.297. The molecule has 0 amide bonds. The fourth-order valence-electron chi connectivity index (χ4n) is 2.02. The number of imidazole rings is 1. The van der Waals surface area contributed by atoms with E-state index in [4.69, 9.17) is 5.11 Å². The van der Waals surface area contributed by atoms with Gasteiger partial charge in [-0.15, -0.1) is 0 Å². The summed E-state index contributed by atoms with van der Waals surface area (Å²) < 4.78 is 2.05. The van der Waals surface area contributed by atoms with E-state index in [1.807, 2.05) is 13.2 Å². The van der Waals surface area contributed by atoms with Crippen LogP contribution in [0.5, 0.6) is 0 Å². The Labute approximate surface area is 102 Å². The van der Waals surface area contributed by atoms with E-state index in [2.05, 4.69) is 41.6 Å². The number of nitrogens with zero attached hydrogens (tertiary/aromatic N) is 2. The molecular formula is C14H18N2O. The van der Waals surface area contributed by atoms with Crippen molar-refractivity contribution in [1.82, 2.24) is 9.55 Å². The molecule has 2 aromatic rings. The standard InChI is InChI=1S/C14H18N2O/c1-10-4-5-11(2)13(8-10)14-15-9-12(6-7-17)16(14)3/h4-5,8-9,17H,6-7H2,1-3H3. The SMILES string of the molecule is Cc1ccc(C)c(-c2ncc(CCO)n2C)c1. The van der Waals surface area contributed by atoms with Crippen LogP contribution >= 0.6 is 0 Å². The van der Waals surface area contributed by atoms with Gasteiger partial charge < -0.3 is 9.67 Å². The minimum absolute atomic E-state index is 0.159. The second kappa shape index (κ2) is 4.72. The lowest BCUT2D eigenvalue weighted by Gasteiger charge is -2.08. The topological polar surface area (TPSA) is 38.1 Å². The summed E-state index contributed by atoms with van der Waals surface area (Å²) in [5.74, 6) is 0.967. The van der Waals surface area contributed by atoms with Crippen LogP contribution in [-0.4, -0.2) is 21.3 Å². The lowest BCUT2D eigenvalue weighted by Crippen LogP contribution is -2.01. The Morgan fingerprint density at radius 2 is 2.06 bits per heavy atom. The summed E-state index contributed by atoms with van der Waals surface area (Å²) in [5, 5.41) is 8.98. The normalized spacial score (nSPS) is 10.8. The van der Waals surface area contributed by atoms with Crippen LogP contribution in [0.2, 0.25) is 0 Å². The van der Waals surface area contributed by atoms with Gasteiger partial charge in [0.15, 0.2) is 0 Å².